The Morgan fingerprint density at radius 3 is 0.483 bits per heavy atom. The molecule has 0 unspecified atom stereocenters. The van der Waals surface area contributed by atoms with Crippen LogP contribution < -0.4 is 9.97 Å². The molecule has 8 bridgehead atoms. The number of benzene rings is 4. The van der Waals surface area contributed by atoms with Gasteiger partial charge in [-0.05, 0) is 140 Å². The van der Waals surface area contributed by atoms with Gasteiger partial charge in [-0.3, -0.25) is 38.4 Å². The van der Waals surface area contributed by atoms with Crippen LogP contribution in [0.2, 0.25) is 0 Å². The zero-order chi connectivity index (χ0) is 102. The summed E-state index contributed by atoms with van der Waals surface area (Å²) in [6.45, 7) is 18.1. The monoisotopic (exact) mass is 2040 g/mol. The second-order valence-corrected chi connectivity index (χ2v) is 39.3. The number of esters is 8. The number of ether oxygens (including phenoxy) is 8. The van der Waals surface area contributed by atoms with Gasteiger partial charge in [0.25, 0.3) is 0 Å². The fraction of sp³-hybridized carbons (Fsp3) is 0.581. The molecule has 0 atom stereocenters. The number of rotatable bonds is 76. The Bertz CT molecular complexity index is 4630. The molecule has 0 fully saturated rings. The van der Waals surface area contributed by atoms with E-state index in [0.29, 0.717) is 73.6 Å². The molecule has 3 aromatic heterocycles. The minimum absolute atomic E-state index is 0. The Morgan fingerprint density at radius 2 is 0.331 bits per heavy atom. The van der Waals surface area contributed by atoms with Crippen LogP contribution in [0.3, 0.4) is 0 Å². The molecule has 0 spiro atoms. The molecule has 7 aromatic rings. The number of fused-ring (bicyclic) bond motifs is 8. The van der Waals surface area contributed by atoms with E-state index in [1.807, 2.05) is 121 Å². The van der Waals surface area contributed by atoms with Gasteiger partial charge in [0.05, 0.1) is 127 Å². The van der Waals surface area contributed by atoms with Crippen molar-refractivity contribution in [1.29, 1.82) is 0 Å². The first-order valence-electron chi connectivity index (χ1n) is 56.3. The van der Waals surface area contributed by atoms with E-state index in [1.54, 1.807) is 0 Å². The minimum Gasteiger partial charge on any atom is -0.656 e. The molecular formula is C124H172N4O16Zn. The predicted molar refractivity (Wildman–Crippen MR) is 582 cm³/mol. The average Bonchev–Trinajstić information content (AvgIpc) is 1.56. The molecule has 21 heteroatoms. The molecule has 0 N–H and O–H groups in total. The van der Waals surface area contributed by atoms with Gasteiger partial charge in [0.2, 0.25) is 0 Å². The minimum atomic E-state index is -0.627. The first-order valence-corrected chi connectivity index (χ1v) is 56.3. The van der Waals surface area contributed by atoms with E-state index in [-0.39, 0.29) is 184 Å². The third-order valence-corrected chi connectivity index (χ3v) is 27.4. The Kier molecular flexibility index (Phi) is 59.2. The fourth-order valence-electron chi connectivity index (χ4n) is 19.4. The SMILES string of the molecule is CCCCCCCCOC(=O)CC1=C(CC(=O)OCCCCCCCC)c2nc1c(-c1ccccc1)c1[n-]c(c(CC(=O)OCCCCCCCC)c1CC(=O)OCCCCCCCC)c(-c1ccccc1)c1nc(c(-c3ccccc3)c3[n-]c(c(CC(=O)OCCCCCCCC)c3CC(=O)OCCCCCCCC)c2-c2ccccc2)C(CC(=O)OCCCCCCCC)=C1CC(=O)OCCCCCCCC.[Zn+2]. The second-order valence-electron chi connectivity index (χ2n) is 39.3. The normalized spacial score (nSPS) is 11.8. The van der Waals surface area contributed by atoms with Crippen LogP contribution in [0.4, 0.5) is 0 Å². The van der Waals surface area contributed by atoms with Gasteiger partial charge in [-0.1, -0.05) is 434 Å². The Hall–Kier alpha value is -10.1. The van der Waals surface area contributed by atoms with E-state index < -0.39 is 99.1 Å². The van der Waals surface area contributed by atoms with Crippen molar-refractivity contribution in [3.8, 4) is 44.5 Å². The van der Waals surface area contributed by atoms with E-state index in [2.05, 4.69) is 55.4 Å². The van der Waals surface area contributed by atoms with Gasteiger partial charge in [-0.2, -0.15) is 0 Å². The first kappa shape index (κ1) is 120. The topological polar surface area (TPSA) is 264 Å². The molecule has 0 radical (unpaired) electrons. The van der Waals surface area contributed by atoms with Crippen LogP contribution in [0.1, 0.15) is 434 Å². The van der Waals surface area contributed by atoms with Gasteiger partial charge in [-0.25, -0.2) is 9.97 Å². The Labute approximate surface area is 880 Å². The molecule has 20 nitrogen and oxygen atoms in total. The van der Waals surface area contributed by atoms with Crippen molar-refractivity contribution in [2.24, 2.45) is 0 Å². The van der Waals surface area contributed by atoms with E-state index in [1.165, 1.54) is 0 Å². The maximum absolute atomic E-state index is 16.0. The van der Waals surface area contributed by atoms with Crippen LogP contribution in [0, 0.1) is 0 Å². The molecule has 0 saturated heterocycles. The summed E-state index contributed by atoms with van der Waals surface area (Å²) in [5, 5.41) is 0. The second kappa shape index (κ2) is 71.4. The van der Waals surface area contributed by atoms with Crippen molar-refractivity contribution in [3.63, 3.8) is 0 Å². The van der Waals surface area contributed by atoms with Gasteiger partial charge in [0.15, 0.2) is 0 Å². The first-order chi connectivity index (χ1) is 70.6. The zero-order valence-electron chi connectivity index (χ0n) is 89.8. The van der Waals surface area contributed by atoms with Crippen molar-refractivity contribution in [1.82, 2.24) is 19.9 Å². The summed E-state index contributed by atoms with van der Waals surface area (Å²) in [6, 6.07) is 37.8. The van der Waals surface area contributed by atoms with E-state index in [9.17, 15) is 0 Å². The van der Waals surface area contributed by atoms with Gasteiger partial charge < -0.3 is 47.9 Å². The third-order valence-electron chi connectivity index (χ3n) is 27.4. The molecule has 786 valence electrons. The summed E-state index contributed by atoms with van der Waals surface area (Å²) in [5.74, 6) is -5.02. The summed E-state index contributed by atoms with van der Waals surface area (Å²) >= 11 is 0. The summed E-state index contributed by atoms with van der Waals surface area (Å²) in [7, 11) is 0. The molecule has 2 aliphatic rings. The van der Waals surface area contributed by atoms with Crippen LogP contribution in [-0.4, -0.2) is 111 Å². The standard InChI is InChI=1S/C124H172N4O16.Zn/c1-9-17-25-33-41-61-77-137-105(129)85-97-98(86-106(130)138-78-62-42-34-26-18-10-2)118-114(94-71-55-50-56-72-94)120-101(89-109(133)141-81-65-45-37-29-21-13-5)102(90-110(134)142-82-66-46-38-30-22-14-6)122(127-120)116(96-75-59-52-60-76-96)124-104(92-112(136)144-84-68-48-40-32-24-16-8)103(91-111(135)143-83-67-47-39-31-23-15-7)123(128-124)115(95-73-57-51-58-74-95)121-100(88-108(132)140-80-64-44-36-28-20-12-4)99(87-107(131)139-79-63-43-35-27-19-11-3)119(126-121)113(117(97)125-118)93-69-53-49-54-70-93;/h49-60,69-76H,9-48,61-68,77-92H2,1-8H3;/q-2;+2. The summed E-state index contributed by atoms with van der Waals surface area (Å²) in [5.41, 5.74) is 6.15. The van der Waals surface area contributed by atoms with Crippen molar-refractivity contribution in [2.75, 3.05) is 52.9 Å². The molecule has 0 aliphatic carbocycles. The number of carbonyl (C=O) groups is 8. The van der Waals surface area contributed by atoms with Crippen molar-refractivity contribution in [2.45, 2.75) is 415 Å². The summed E-state index contributed by atoms with van der Waals surface area (Å²) < 4.78 is 51.8. The molecule has 145 heavy (non-hydrogen) atoms. The van der Waals surface area contributed by atoms with Gasteiger partial charge in [0.1, 0.15) is 0 Å². The Balaban J connectivity index is 0.0000257. The number of aromatic nitrogens is 4. The van der Waals surface area contributed by atoms with E-state index >= 15 is 38.4 Å². The number of unbranched alkanes of at least 4 members (excludes halogenated alkanes) is 40. The van der Waals surface area contributed by atoms with E-state index in [0.717, 1.165) is 257 Å². The molecule has 2 aliphatic heterocycles. The number of hydrogen-bond donors (Lipinski definition) is 0. The molecule has 0 amide bonds. The quantitative estimate of drug-likeness (QED) is 0.0148. The molecule has 5 heterocycles. The van der Waals surface area contributed by atoms with Crippen LogP contribution in [0.15, 0.2) is 121 Å². The van der Waals surface area contributed by atoms with Gasteiger partial charge in [0, 0.05) is 0 Å². The van der Waals surface area contributed by atoms with Gasteiger partial charge >= 0.3 is 67.2 Å². The number of carbonyl (C=O) groups excluding carboxylic acids is 8. The Morgan fingerprint density at radius 1 is 0.193 bits per heavy atom. The number of hydrogen-bond acceptors (Lipinski definition) is 18. The molecule has 0 saturated carbocycles. The fourth-order valence-corrected chi connectivity index (χ4v) is 19.4. The zero-order valence-corrected chi connectivity index (χ0v) is 92.8. The average molecular weight is 2040 g/mol. The van der Waals surface area contributed by atoms with Crippen LogP contribution in [0.5, 0.6) is 0 Å². The van der Waals surface area contributed by atoms with Crippen molar-refractivity contribution < 1.29 is 95.7 Å². The van der Waals surface area contributed by atoms with Crippen LogP contribution >= 0.6 is 0 Å². The molecular weight excluding hydrogens is 1870 g/mol. The van der Waals surface area contributed by atoms with Crippen molar-refractivity contribution >= 4 is 92.1 Å². The van der Waals surface area contributed by atoms with Crippen LogP contribution in [0.25, 0.3) is 88.9 Å². The molecule has 9 rings (SSSR count). The maximum Gasteiger partial charge on any atom is 2.00 e. The summed E-state index contributed by atoms with van der Waals surface area (Å²) in [6.07, 6.45) is 40.2. The van der Waals surface area contributed by atoms with Crippen molar-refractivity contribution in [3.05, 3.63) is 166 Å². The largest absolute Gasteiger partial charge is 2.00 e. The van der Waals surface area contributed by atoms with Gasteiger partial charge in [-0.15, -0.1) is 22.1 Å². The third kappa shape index (κ3) is 41.1. The number of nitrogens with zero attached hydrogens (tertiary/aromatic N) is 4. The smallest absolute Gasteiger partial charge is 0.656 e. The van der Waals surface area contributed by atoms with Crippen LogP contribution in [-0.2, 0) is 121 Å². The molecule has 4 aromatic carbocycles. The maximum atomic E-state index is 16.0. The summed E-state index contributed by atoms with van der Waals surface area (Å²) in [4.78, 5) is 152. The van der Waals surface area contributed by atoms with E-state index in [4.69, 9.17) is 57.8 Å². The predicted octanol–water partition coefficient (Wildman–Crippen LogP) is 31.0.